The second kappa shape index (κ2) is 9.59. The van der Waals surface area contributed by atoms with Crippen LogP contribution in [0, 0.1) is 5.92 Å². The Labute approximate surface area is 162 Å². The second-order valence-corrected chi connectivity index (χ2v) is 7.26. The molecule has 1 fully saturated rings. The third kappa shape index (κ3) is 6.53. The van der Waals surface area contributed by atoms with Gasteiger partial charge in [-0.05, 0) is 39.2 Å². The Hall–Kier alpha value is -1.54. The molecule has 27 heavy (non-hydrogen) atoms. The molecule has 9 heteroatoms. The number of anilines is 1. The number of amides is 1. The number of aromatic nitrogens is 1. The molecule has 152 valence electrons. The lowest BCUT2D eigenvalue weighted by atomic mass is 9.96. The lowest BCUT2D eigenvalue weighted by Crippen LogP contribution is -2.41. The van der Waals surface area contributed by atoms with E-state index in [-0.39, 0.29) is 23.0 Å². The first kappa shape index (κ1) is 21.8. The molecule has 0 unspecified atom stereocenters. The minimum Gasteiger partial charge on any atom is -0.379 e. The van der Waals surface area contributed by atoms with E-state index < -0.39 is 11.7 Å². The van der Waals surface area contributed by atoms with Crippen molar-refractivity contribution < 1.29 is 22.7 Å². The molecule has 2 heterocycles. The number of nitrogens with one attached hydrogen (secondary N) is 1. The number of alkyl halides is 3. The molecule has 2 rings (SSSR count). The van der Waals surface area contributed by atoms with Crippen LogP contribution in [0.25, 0.3) is 0 Å². The van der Waals surface area contributed by atoms with Crippen LogP contribution in [0.15, 0.2) is 12.3 Å². The van der Waals surface area contributed by atoms with Gasteiger partial charge < -0.3 is 15.0 Å². The molecular formula is C18H25ClF3N3O2. The maximum atomic E-state index is 12.7. The highest BCUT2D eigenvalue weighted by Crippen LogP contribution is 2.34. The van der Waals surface area contributed by atoms with Crippen molar-refractivity contribution in [3.05, 3.63) is 22.8 Å². The average molecular weight is 408 g/mol. The Morgan fingerprint density at radius 1 is 1.41 bits per heavy atom. The van der Waals surface area contributed by atoms with E-state index in [1.165, 1.54) is 0 Å². The number of hydrogen-bond acceptors (Lipinski definition) is 4. The minimum atomic E-state index is -4.47. The van der Waals surface area contributed by atoms with Gasteiger partial charge in [0.25, 0.3) is 0 Å². The van der Waals surface area contributed by atoms with Gasteiger partial charge in [0.05, 0.1) is 16.7 Å². The number of carbonyl (C=O) groups excluding carboxylic acids is 1. The predicted octanol–water partition coefficient (Wildman–Crippen LogP) is 3.90. The SMILES string of the molecule is CC(C)OCCCNC(=O)C1CCN(c2ncc(C(F)(F)F)cc2Cl)CC1. The van der Waals surface area contributed by atoms with Crippen LogP contribution in [0.3, 0.4) is 0 Å². The summed E-state index contributed by atoms with van der Waals surface area (Å²) in [5, 5.41) is 2.88. The van der Waals surface area contributed by atoms with Crippen LogP contribution >= 0.6 is 11.6 Å². The van der Waals surface area contributed by atoms with Crippen molar-refractivity contribution in [2.75, 3.05) is 31.1 Å². The van der Waals surface area contributed by atoms with Crippen molar-refractivity contribution in [2.45, 2.75) is 45.4 Å². The maximum Gasteiger partial charge on any atom is 0.417 e. The van der Waals surface area contributed by atoms with E-state index in [1.54, 1.807) is 0 Å². The second-order valence-electron chi connectivity index (χ2n) is 6.85. The van der Waals surface area contributed by atoms with Crippen LogP contribution in [-0.2, 0) is 15.7 Å². The first-order valence-electron chi connectivity index (χ1n) is 9.05. The number of halogens is 4. The Morgan fingerprint density at radius 3 is 2.63 bits per heavy atom. The van der Waals surface area contributed by atoms with Gasteiger partial charge in [0.1, 0.15) is 5.82 Å². The Balaban J connectivity index is 1.80. The van der Waals surface area contributed by atoms with Gasteiger partial charge in [-0.1, -0.05) is 11.6 Å². The van der Waals surface area contributed by atoms with Crippen molar-refractivity contribution in [3.63, 3.8) is 0 Å². The van der Waals surface area contributed by atoms with Gasteiger partial charge in [-0.3, -0.25) is 4.79 Å². The quantitative estimate of drug-likeness (QED) is 0.696. The van der Waals surface area contributed by atoms with E-state index in [4.69, 9.17) is 16.3 Å². The van der Waals surface area contributed by atoms with Gasteiger partial charge in [0.2, 0.25) is 5.91 Å². The smallest absolute Gasteiger partial charge is 0.379 e. The molecule has 0 saturated carbocycles. The maximum absolute atomic E-state index is 12.7. The molecule has 0 bridgehead atoms. The summed E-state index contributed by atoms with van der Waals surface area (Å²) < 4.78 is 43.5. The molecule has 0 aliphatic carbocycles. The van der Waals surface area contributed by atoms with Gasteiger partial charge in [0, 0.05) is 38.4 Å². The monoisotopic (exact) mass is 407 g/mol. The summed E-state index contributed by atoms with van der Waals surface area (Å²) in [6.45, 7) is 6.14. The first-order valence-corrected chi connectivity index (χ1v) is 9.43. The molecule has 1 saturated heterocycles. The number of nitrogens with zero attached hydrogens (tertiary/aromatic N) is 2. The van der Waals surface area contributed by atoms with Gasteiger partial charge in [-0.2, -0.15) is 13.2 Å². The number of hydrogen-bond donors (Lipinski definition) is 1. The van der Waals surface area contributed by atoms with Crippen LogP contribution in [0.1, 0.15) is 38.7 Å². The van der Waals surface area contributed by atoms with Gasteiger partial charge in [-0.15, -0.1) is 0 Å². The fourth-order valence-electron chi connectivity index (χ4n) is 2.92. The molecule has 0 spiro atoms. The van der Waals surface area contributed by atoms with Crippen molar-refractivity contribution >= 4 is 23.3 Å². The number of ether oxygens (including phenoxy) is 1. The number of rotatable bonds is 7. The van der Waals surface area contributed by atoms with E-state index in [9.17, 15) is 18.0 Å². The van der Waals surface area contributed by atoms with E-state index >= 15 is 0 Å². The lowest BCUT2D eigenvalue weighted by Gasteiger charge is -2.32. The highest BCUT2D eigenvalue weighted by Gasteiger charge is 2.33. The van der Waals surface area contributed by atoms with Crippen molar-refractivity contribution in [1.29, 1.82) is 0 Å². The Morgan fingerprint density at radius 2 is 2.07 bits per heavy atom. The molecule has 5 nitrogen and oxygen atoms in total. The standard InChI is InChI=1S/C18H25ClF3N3O2/c1-12(2)27-9-3-6-23-17(26)13-4-7-25(8-5-13)16-15(19)10-14(11-24-16)18(20,21)22/h10-13H,3-9H2,1-2H3,(H,23,26). The van der Waals surface area contributed by atoms with E-state index in [2.05, 4.69) is 10.3 Å². The summed E-state index contributed by atoms with van der Waals surface area (Å²) in [5.74, 6) is 0.223. The summed E-state index contributed by atoms with van der Waals surface area (Å²) in [4.78, 5) is 17.9. The van der Waals surface area contributed by atoms with E-state index in [1.807, 2.05) is 18.7 Å². The zero-order chi connectivity index (χ0) is 20.0. The number of pyridine rings is 1. The molecule has 1 amide bonds. The van der Waals surface area contributed by atoms with E-state index in [0.717, 1.165) is 18.7 Å². The Bertz CT molecular complexity index is 633. The zero-order valence-corrected chi connectivity index (χ0v) is 16.2. The zero-order valence-electron chi connectivity index (χ0n) is 15.5. The van der Waals surface area contributed by atoms with Crippen molar-refractivity contribution in [3.8, 4) is 0 Å². The minimum absolute atomic E-state index is 0.00525. The molecule has 0 radical (unpaired) electrons. The van der Waals surface area contributed by atoms with Crippen LogP contribution < -0.4 is 10.2 Å². The Kier molecular flexibility index (Phi) is 7.73. The molecule has 1 aliphatic heterocycles. The van der Waals surface area contributed by atoms with Crippen molar-refractivity contribution in [2.24, 2.45) is 5.92 Å². The summed E-state index contributed by atoms with van der Waals surface area (Å²) >= 11 is 5.99. The largest absolute Gasteiger partial charge is 0.417 e. The van der Waals surface area contributed by atoms with Gasteiger partial charge in [-0.25, -0.2) is 4.98 Å². The van der Waals surface area contributed by atoms with E-state index in [0.29, 0.717) is 44.9 Å². The summed E-state index contributed by atoms with van der Waals surface area (Å²) in [5.41, 5.74) is -0.869. The van der Waals surface area contributed by atoms with Crippen LogP contribution in [0.2, 0.25) is 5.02 Å². The molecule has 0 aromatic carbocycles. The van der Waals surface area contributed by atoms with Gasteiger partial charge in [0.15, 0.2) is 0 Å². The molecule has 1 aromatic rings. The predicted molar refractivity (Wildman–Crippen MR) is 97.9 cm³/mol. The summed E-state index contributed by atoms with van der Waals surface area (Å²) in [7, 11) is 0. The third-order valence-electron chi connectivity index (χ3n) is 4.39. The molecule has 1 N–H and O–H groups in total. The first-order chi connectivity index (χ1) is 12.7. The van der Waals surface area contributed by atoms with Crippen molar-refractivity contribution in [1.82, 2.24) is 10.3 Å². The lowest BCUT2D eigenvalue weighted by molar-refractivity contribution is -0.137. The number of piperidine rings is 1. The third-order valence-corrected chi connectivity index (χ3v) is 4.66. The topological polar surface area (TPSA) is 54.5 Å². The van der Waals surface area contributed by atoms with Crippen LogP contribution in [0.5, 0.6) is 0 Å². The molecular weight excluding hydrogens is 383 g/mol. The highest BCUT2D eigenvalue weighted by atomic mass is 35.5. The summed E-state index contributed by atoms with van der Waals surface area (Å²) in [6, 6.07) is 0.891. The normalized spacial score (nSPS) is 16.0. The highest BCUT2D eigenvalue weighted by molar-refractivity contribution is 6.33. The fraction of sp³-hybridized carbons (Fsp3) is 0.667. The fourth-order valence-corrected chi connectivity index (χ4v) is 3.20. The summed E-state index contributed by atoms with van der Waals surface area (Å²) in [6.07, 6.45) is -1.54. The molecule has 0 atom stereocenters. The molecule has 1 aliphatic rings. The average Bonchev–Trinajstić information content (AvgIpc) is 2.60. The van der Waals surface area contributed by atoms with Crippen LogP contribution in [0.4, 0.5) is 19.0 Å². The number of carbonyl (C=O) groups is 1. The van der Waals surface area contributed by atoms with Crippen LogP contribution in [-0.4, -0.2) is 43.2 Å². The van der Waals surface area contributed by atoms with Gasteiger partial charge >= 0.3 is 6.18 Å². The molecule has 1 aromatic heterocycles.